The third-order valence-corrected chi connectivity index (χ3v) is 3.49. The molecule has 0 aliphatic carbocycles. The lowest BCUT2D eigenvalue weighted by Crippen LogP contribution is -1.92. The van der Waals surface area contributed by atoms with Crippen LogP contribution in [0.15, 0.2) is 29.6 Å². The van der Waals surface area contributed by atoms with Gasteiger partial charge in [-0.05, 0) is 0 Å². The molecule has 0 atom stereocenters. The molecule has 1 aromatic carbocycles. The normalized spacial score (nSPS) is 10.7. The van der Waals surface area contributed by atoms with Gasteiger partial charge in [-0.25, -0.2) is 9.97 Å². The van der Waals surface area contributed by atoms with Crippen LogP contribution in [0.3, 0.4) is 0 Å². The molecule has 9 heteroatoms. The molecule has 21 heavy (non-hydrogen) atoms. The zero-order chi connectivity index (χ0) is 14.8. The van der Waals surface area contributed by atoms with Crippen molar-refractivity contribution in [3.05, 3.63) is 51.3 Å². The van der Waals surface area contributed by atoms with Gasteiger partial charge in [0.1, 0.15) is 5.82 Å². The van der Waals surface area contributed by atoms with Crippen LogP contribution in [0.25, 0.3) is 11.4 Å². The van der Waals surface area contributed by atoms with Crippen molar-refractivity contribution in [3.8, 4) is 11.4 Å². The molecule has 0 amide bonds. The Labute approximate surface area is 122 Å². The number of anilines is 1. The molecule has 3 N–H and O–H groups in total. The number of benzene rings is 1. The Morgan fingerprint density at radius 1 is 1.38 bits per heavy atom. The molecule has 0 saturated carbocycles. The third-order valence-electron chi connectivity index (χ3n) is 2.76. The van der Waals surface area contributed by atoms with E-state index in [9.17, 15) is 10.1 Å². The van der Waals surface area contributed by atoms with E-state index in [0.717, 1.165) is 5.69 Å². The average Bonchev–Trinajstić information content (AvgIpc) is 3.09. The van der Waals surface area contributed by atoms with E-state index >= 15 is 0 Å². The summed E-state index contributed by atoms with van der Waals surface area (Å²) in [5, 5.41) is 20.0. The largest absolute Gasteiger partial charge is 0.375 e. The molecule has 3 aromatic rings. The number of nitro benzene ring substituents is 1. The fourth-order valence-electron chi connectivity index (χ4n) is 1.84. The first-order valence-electron chi connectivity index (χ1n) is 5.98. The second-order valence-electron chi connectivity index (χ2n) is 4.27. The van der Waals surface area contributed by atoms with Crippen molar-refractivity contribution < 1.29 is 4.92 Å². The van der Waals surface area contributed by atoms with E-state index in [2.05, 4.69) is 20.2 Å². The number of aromatic nitrogens is 4. The van der Waals surface area contributed by atoms with Crippen LogP contribution >= 0.6 is 11.3 Å². The molecule has 0 saturated heterocycles. The minimum atomic E-state index is -0.449. The molecular formula is C12H10N6O2S. The summed E-state index contributed by atoms with van der Waals surface area (Å²) in [5.74, 6) is 1.04. The van der Waals surface area contributed by atoms with Crippen molar-refractivity contribution in [1.29, 1.82) is 0 Å². The average molecular weight is 302 g/mol. The number of thiazole rings is 1. The molecule has 0 radical (unpaired) electrons. The van der Waals surface area contributed by atoms with Gasteiger partial charge in [-0.1, -0.05) is 12.1 Å². The zero-order valence-electron chi connectivity index (χ0n) is 10.7. The van der Waals surface area contributed by atoms with Gasteiger partial charge < -0.3 is 5.73 Å². The van der Waals surface area contributed by atoms with Crippen molar-refractivity contribution >= 4 is 22.2 Å². The second-order valence-corrected chi connectivity index (χ2v) is 5.16. The zero-order valence-corrected chi connectivity index (χ0v) is 11.5. The number of H-pyrrole nitrogens is 1. The van der Waals surface area contributed by atoms with Crippen LogP contribution in [0.2, 0.25) is 0 Å². The highest BCUT2D eigenvalue weighted by molar-refractivity contribution is 7.13. The third kappa shape index (κ3) is 2.87. The van der Waals surface area contributed by atoms with Gasteiger partial charge in [0, 0.05) is 23.1 Å². The maximum Gasteiger partial charge on any atom is 0.270 e. The summed E-state index contributed by atoms with van der Waals surface area (Å²) in [6.07, 6.45) is 0.482. The highest BCUT2D eigenvalue weighted by Gasteiger charge is 2.12. The number of nitro groups is 1. The van der Waals surface area contributed by atoms with E-state index in [1.807, 2.05) is 5.38 Å². The lowest BCUT2D eigenvalue weighted by atomic mass is 10.2. The van der Waals surface area contributed by atoms with Crippen LogP contribution in [-0.4, -0.2) is 25.1 Å². The number of rotatable bonds is 4. The summed E-state index contributed by atoms with van der Waals surface area (Å²) in [5.41, 5.74) is 6.97. The van der Waals surface area contributed by atoms with Gasteiger partial charge in [-0.3, -0.25) is 15.2 Å². The van der Waals surface area contributed by atoms with Crippen molar-refractivity contribution in [2.24, 2.45) is 0 Å². The number of aromatic amines is 1. The Balaban J connectivity index is 1.84. The van der Waals surface area contributed by atoms with Crippen molar-refractivity contribution in [2.75, 3.05) is 5.73 Å². The first-order chi connectivity index (χ1) is 10.1. The fraction of sp³-hybridized carbons (Fsp3) is 0.0833. The maximum absolute atomic E-state index is 10.8. The molecule has 2 aromatic heterocycles. The molecule has 106 valence electrons. The van der Waals surface area contributed by atoms with Crippen LogP contribution in [-0.2, 0) is 6.42 Å². The standard InChI is InChI=1S/C12H10N6O2S/c13-12-14-8(6-21-12)5-10-15-11(17-16-10)7-2-1-3-9(4-7)18(19)20/h1-4,6H,5H2,(H2,13,14)(H,15,16,17). The minimum Gasteiger partial charge on any atom is -0.375 e. The van der Waals surface area contributed by atoms with Crippen LogP contribution < -0.4 is 5.73 Å². The number of nitrogen functional groups attached to an aromatic ring is 1. The Kier molecular flexibility index (Phi) is 3.32. The van der Waals surface area contributed by atoms with Crippen LogP contribution in [0.5, 0.6) is 0 Å². The van der Waals surface area contributed by atoms with E-state index in [0.29, 0.717) is 28.8 Å². The molecule has 0 aliphatic rings. The number of nitrogens with zero attached hydrogens (tertiary/aromatic N) is 4. The van der Waals surface area contributed by atoms with Gasteiger partial charge in [0.2, 0.25) is 0 Å². The lowest BCUT2D eigenvalue weighted by Gasteiger charge is -1.95. The summed E-state index contributed by atoms with van der Waals surface area (Å²) in [6.45, 7) is 0. The minimum absolute atomic E-state index is 0.00567. The van der Waals surface area contributed by atoms with Crippen LogP contribution in [0.4, 0.5) is 10.8 Å². The lowest BCUT2D eigenvalue weighted by molar-refractivity contribution is -0.384. The van der Waals surface area contributed by atoms with Crippen LogP contribution in [0, 0.1) is 10.1 Å². The highest BCUT2D eigenvalue weighted by atomic mass is 32.1. The first kappa shape index (κ1) is 13.2. The topological polar surface area (TPSA) is 124 Å². The summed E-state index contributed by atoms with van der Waals surface area (Å²) >= 11 is 1.36. The van der Waals surface area contributed by atoms with Crippen molar-refractivity contribution in [2.45, 2.75) is 6.42 Å². The first-order valence-corrected chi connectivity index (χ1v) is 6.86. The molecule has 0 spiro atoms. The van der Waals surface area contributed by atoms with E-state index in [1.54, 1.807) is 12.1 Å². The van der Waals surface area contributed by atoms with Gasteiger partial charge in [0.15, 0.2) is 11.0 Å². The number of nitrogens with one attached hydrogen (secondary N) is 1. The smallest absolute Gasteiger partial charge is 0.270 e. The molecule has 0 aliphatic heterocycles. The Bertz CT molecular complexity index is 796. The van der Waals surface area contributed by atoms with Gasteiger partial charge in [0.05, 0.1) is 17.0 Å². The number of non-ortho nitro benzene ring substituents is 1. The van der Waals surface area contributed by atoms with Gasteiger partial charge in [0.25, 0.3) is 5.69 Å². The summed E-state index contributed by atoms with van der Waals surface area (Å²) in [6, 6.07) is 6.19. The quantitative estimate of drug-likeness (QED) is 0.561. The number of nitrogens with two attached hydrogens (primary N) is 1. The van der Waals surface area contributed by atoms with Gasteiger partial charge in [-0.15, -0.1) is 11.3 Å². The fourth-order valence-corrected chi connectivity index (χ4v) is 2.40. The Hall–Kier alpha value is -2.81. The molecule has 3 rings (SSSR count). The summed E-state index contributed by atoms with van der Waals surface area (Å²) in [7, 11) is 0. The molecule has 0 fully saturated rings. The predicted octanol–water partition coefficient (Wildman–Crippen LogP) is 2.01. The predicted molar refractivity (Wildman–Crippen MR) is 77.8 cm³/mol. The van der Waals surface area contributed by atoms with Crippen molar-refractivity contribution in [3.63, 3.8) is 0 Å². The molecule has 0 unspecified atom stereocenters. The van der Waals surface area contributed by atoms with E-state index in [1.165, 1.54) is 23.5 Å². The summed E-state index contributed by atoms with van der Waals surface area (Å²) in [4.78, 5) is 18.8. The summed E-state index contributed by atoms with van der Waals surface area (Å²) < 4.78 is 0. The highest BCUT2D eigenvalue weighted by Crippen LogP contribution is 2.21. The monoisotopic (exact) mass is 302 g/mol. The van der Waals surface area contributed by atoms with E-state index < -0.39 is 4.92 Å². The maximum atomic E-state index is 10.8. The van der Waals surface area contributed by atoms with Gasteiger partial charge >= 0.3 is 0 Å². The van der Waals surface area contributed by atoms with E-state index in [-0.39, 0.29) is 5.69 Å². The molecule has 8 nitrogen and oxygen atoms in total. The SMILES string of the molecule is Nc1nc(Cc2nc(-c3cccc([N+](=O)[O-])c3)n[nH]2)cs1. The second kappa shape index (κ2) is 5.29. The van der Waals surface area contributed by atoms with E-state index in [4.69, 9.17) is 5.73 Å². The molecule has 0 bridgehead atoms. The Morgan fingerprint density at radius 3 is 2.95 bits per heavy atom. The molecule has 2 heterocycles. The van der Waals surface area contributed by atoms with Crippen LogP contribution in [0.1, 0.15) is 11.5 Å². The Morgan fingerprint density at radius 2 is 2.24 bits per heavy atom. The van der Waals surface area contributed by atoms with Gasteiger partial charge in [-0.2, -0.15) is 5.10 Å². The van der Waals surface area contributed by atoms with Crippen molar-refractivity contribution in [1.82, 2.24) is 20.2 Å². The number of hydrogen-bond donors (Lipinski definition) is 2. The number of hydrogen-bond acceptors (Lipinski definition) is 7. The molecular weight excluding hydrogens is 292 g/mol.